The van der Waals surface area contributed by atoms with Crippen LogP contribution in [-0.4, -0.2) is 30.5 Å². The van der Waals surface area contributed by atoms with Crippen molar-refractivity contribution in [3.63, 3.8) is 0 Å². The van der Waals surface area contributed by atoms with E-state index in [4.69, 9.17) is 0 Å². The summed E-state index contributed by atoms with van der Waals surface area (Å²) < 4.78 is 18.4. The molecule has 1 amide bonds. The number of aromatic nitrogens is 5. The van der Waals surface area contributed by atoms with Gasteiger partial charge in [0.15, 0.2) is 5.82 Å². The second kappa shape index (κ2) is 7.32. The van der Waals surface area contributed by atoms with Crippen LogP contribution >= 0.6 is 11.3 Å². The number of aryl methyl sites for hydroxylation is 3. The highest BCUT2D eigenvalue weighted by Crippen LogP contribution is 2.30. The topological polar surface area (TPSA) is 77.6 Å². The summed E-state index contributed by atoms with van der Waals surface area (Å²) in [6.45, 7) is 2.76. The van der Waals surface area contributed by atoms with E-state index in [-0.39, 0.29) is 11.6 Å². The SMILES string of the molecule is Cc1nn(C)c2sc(C(=O)Nc3cc(-c4nnc5n4CCCCC5)ccc3F)cc12. The van der Waals surface area contributed by atoms with Crippen LogP contribution in [0.15, 0.2) is 24.3 Å². The molecule has 30 heavy (non-hydrogen) atoms. The normalized spacial score (nSPS) is 14.0. The number of benzene rings is 1. The van der Waals surface area contributed by atoms with Gasteiger partial charge in [0.1, 0.15) is 16.5 Å². The number of rotatable bonds is 3. The van der Waals surface area contributed by atoms with Crippen LogP contribution in [0, 0.1) is 12.7 Å². The van der Waals surface area contributed by atoms with E-state index in [9.17, 15) is 9.18 Å². The van der Waals surface area contributed by atoms with Gasteiger partial charge in [-0.15, -0.1) is 21.5 Å². The standard InChI is InChI=1S/C21H21FN6OS/c1-12-14-11-17(30-21(14)27(2)26-12)20(29)23-16-10-13(7-8-15(16)22)19-25-24-18-6-4-3-5-9-28(18)19/h7-8,10-11H,3-6,9H2,1-2H3,(H,23,29). The van der Waals surface area contributed by atoms with Crippen molar-refractivity contribution in [3.05, 3.63) is 46.5 Å². The maximum absolute atomic E-state index is 14.5. The van der Waals surface area contributed by atoms with Gasteiger partial charge in [-0.2, -0.15) is 5.10 Å². The number of anilines is 1. The fraction of sp³-hybridized carbons (Fsp3) is 0.333. The van der Waals surface area contributed by atoms with Crippen LogP contribution in [0.5, 0.6) is 0 Å². The van der Waals surface area contributed by atoms with Gasteiger partial charge in [-0.25, -0.2) is 4.39 Å². The van der Waals surface area contributed by atoms with Gasteiger partial charge < -0.3 is 9.88 Å². The number of nitrogens with zero attached hydrogens (tertiary/aromatic N) is 5. The van der Waals surface area contributed by atoms with Crippen LogP contribution in [0.25, 0.3) is 21.6 Å². The molecule has 4 aromatic rings. The third-order valence-electron chi connectivity index (χ3n) is 5.50. The highest BCUT2D eigenvalue weighted by Gasteiger charge is 2.19. The van der Waals surface area contributed by atoms with Gasteiger partial charge in [0.05, 0.1) is 16.3 Å². The van der Waals surface area contributed by atoms with Crippen LogP contribution in [-0.2, 0) is 20.0 Å². The Hall–Kier alpha value is -3.07. The van der Waals surface area contributed by atoms with E-state index in [0.717, 1.165) is 59.5 Å². The lowest BCUT2D eigenvalue weighted by Gasteiger charge is -2.10. The van der Waals surface area contributed by atoms with Gasteiger partial charge in [-0.3, -0.25) is 9.48 Å². The van der Waals surface area contributed by atoms with Crippen LogP contribution < -0.4 is 5.32 Å². The van der Waals surface area contributed by atoms with Crippen LogP contribution in [0.1, 0.15) is 40.5 Å². The van der Waals surface area contributed by atoms with Gasteiger partial charge >= 0.3 is 0 Å². The molecule has 0 spiro atoms. The Labute approximate surface area is 176 Å². The number of hydrogen-bond acceptors (Lipinski definition) is 5. The van der Waals surface area contributed by atoms with Crippen molar-refractivity contribution in [2.24, 2.45) is 7.05 Å². The minimum atomic E-state index is -0.485. The van der Waals surface area contributed by atoms with Crippen molar-refractivity contribution >= 4 is 33.1 Å². The van der Waals surface area contributed by atoms with Crippen molar-refractivity contribution in [2.45, 2.75) is 39.2 Å². The molecule has 0 bridgehead atoms. The Morgan fingerprint density at radius 1 is 1.20 bits per heavy atom. The summed E-state index contributed by atoms with van der Waals surface area (Å²) in [5.74, 6) is 0.853. The first-order valence-corrected chi connectivity index (χ1v) is 10.8. The summed E-state index contributed by atoms with van der Waals surface area (Å²) in [7, 11) is 1.85. The molecule has 0 fully saturated rings. The Kier molecular flexibility index (Phi) is 4.62. The smallest absolute Gasteiger partial charge is 0.265 e. The molecule has 1 aliphatic heterocycles. The Morgan fingerprint density at radius 2 is 2.07 bits per heavy atom. The predicted molar refractivity (Wildman–Crippen MR) is 114 cm³/mol. The van der Waals surface area contributed by atoms with E-state index in [1.165, 1.54) is 17.4 Å². The minimum Gasteiger partial charge on any atom is -0.319 e. The van der Waals surface area contributed by atoms with E-state index in [0.29, 0.717) is 10.7 Å². The zero-order chi connectivity index (χ0) is 20.8. The number of halogens is 1. The molecule has 7 nitrogen and oxygen atoms in total. The summed E-state index contributed by atoms with van der Waals surface area (Å²) in [5.41, 5.74) is 1.74. The molecule has 0 saturated heterocycles. The Morgan fingerprint density at radius 3 is 2.90 bits per heavy atom. The fourth-order valence-corrected chi connectivity index (χ4v) is 4.98. The average molecular weight is 425 g/mol. The summed E-state index contributed by atoms with van der Waals surface area (Å²) in [5, 5.41) is 16.7. The van der Waals surface area contributed by atoms with Crippen LogP contribution in [0.3, 0.4) is 0 Å². The quantitative estimate of drug-likeness (QED) is 0.531. The predicted octanol–water partition coefficient (Wildman–Crippen LogP) is 4.32. The summed E-state index contributed by atoms with van der Waals surface area (Å²) in [6, 6.07) is 6.48. The molecule has 1 aromatic carbocycles. The van der Waals surface area contributed by atoms with Crippen molar-refractivity contribution in [1.29, 1.82) is 0 Å². The van der Waals surface area contributed by atoms with Gasteiger partial charge in [0, 0.05) is 31.0 Å². The zero-order valence-corrected chi connectivity index (χ0v) is 17.6. The number of nitrogens with one attached hydrogen (secondary N) is 1. The first-order valence-electron chi connectivity index (χ1n) is 9.98. The summed E-state index contributed by atoms with van der Waals surface area (Å²) in [6.07, 6.45) is 4.24. The summed E-state index contributed by atoms with van der Waals surface area (Å²) >= 11 is 1.34. The maximum atomic E-state index is 14.5. The zero-order valence-electron chi connectivity index (χ0n) is 16.8. The van der Waals surface area contributed by atoms with E-state index >= 15 is 0 Å². The molecule has 9 heteroatoms. The molecule has 1 aliphatic rings. The number of amides is 1. The monoisotopic (exact) mass is 424 g/mol. The number of thiophene rings is 1. The summed E-state index contributed by atoms with van der Waals surface area (Å²) in [4.78, 5) is 14.2. The number of fused-ring (bicyclic) bond motifs is 2. The molecular weight excluding hydrogens is 403 g/mol. The average Bonchev–Trinajstić information content (AvgIpc) is 3.35. The van der Waals surface area contributed by atoms with E-state index in [1.54, 1.807) is 22.9 Å². The lowest BCUT2D eigenvalue weighted by molar-refractivity contribution is 0.103. The van der Waals surface area contributed by atoms with Gasteiger partial charge in [-0.05, 0) is 44.0 Å². The van der Waals surface area contributed by atoms with Crippen molar-refractivity contribution in [2.75, 3.05) is 5.32 Å². The molecule has 154 valence electrons. The van der Waals surface area contributed by atoms with E-state index in [1.807, 2.05) is 14.0 Å². The number of carbonyl (C=O) groups excluding carboxylic acids is 1. The van der Waals surface area contributed by atoms with Gasteiger partial charge in [0.2, 0.25) is 0 Å². The molecule has 3 aromatic heterocycles. The minimum absolute atomic E-state index is 0.135. The second-order valence-corrected chi connectivity index (χ2v) is 8.62. The largest absolute Gasteiger partial charge is 0.319 e. The molecular formula is C21H21FN6OS. The fourth-order valence-electron chi connectivity index (χ4n) is 3.96. The first-order chi connectivity index (χ1) is 14.5. The van der Waals surface area contributed by atoms with Gasteiger partial charge in [-0.1, -0.05) is 6.42 Å². The lowest BCUT2D eigenvalue weighted by Crippen LogP contribution is -2.12. The van der Waals surface area contributed by atoms with Crippen LogP contribution in [0.2, 0.25) is 0 Å². The first kappa shape index (κ1) is 18.9. The second-order valence-electron chi connectivity index (χ2n) is 7.59. The molecule has 0 aliphatic carbocycles. The van der Waals surface area contributed by atoms with Crippen molar-refractivity contribution in [3.8, 4) is 11.4 Å². The van der Waals surface area contributed by atoms with E-state index < -0.39 is 5.82 Å². The number of hydrogen-bond donors (Lipinski definition) is 1. The highest BCUT2D eigenvalue weighted by atomic mass is 32.1. The lowest BCUT2D eigenvalue weighted by atomic mass is 10.1. The molecule has 0 saturated carbocycles. The van der Waals surface area contributed by atoms with Crippen molar-refractivity contribution < 1.29 is 9.18 Å². The molecule has 1 N–H and O–H groups in total. The van der Waals surface area contributed by atoms with Crippen molar-refractivity contribution in [1.82, 2.24) is 24.5 Å². The highest BCUT2D eigenvalue weighted by molar-refractivity contribution is 7.20. The third kappa shape index (κ3) is 3.19. The molecule has 4 heterocycles. The molecule has 0 atom stereocenters. The Balaban J connectivity index is 1.46. The maximum Gasteiger partial charge on any atom is 0.265 e. The van der Waals surface area contributed by atoms with Gasteiger partial charge in [0.25, 0.3) is 5.91 Å². The molecule has 5 rings (SSSR count). The third-order valence-corrected chi connectivity index (χ3v) is 6.70. The van der Waals surface area contributed by atoms with E-state index in [2.05, 4.69) is 25.2 Å². The molecule has 0 radical (unpaired) electrons. The Bertz CT molecular complexity index is 1240. The van der Waals surface area contributed by atoms with Crippen LogP contribution in [0.4, 0.5) is 10.1 Å². The molecule has 0 unspecified atom stereocenters. The number of carbonyl (C=O) groups is 1.